The largest absolute Gasteiger partial charge is 0.394 e. The third-order valence-electron chi connectivity index (χ3n) is 2.47. The molecule has 10 heavy (non-hydrogen) atoms. The molecule has 0 spiro atoms. The highest BCUT2D eigenvalue weighted by molar-refractivity contribution is 4.77. The molecule has 0 aromatic heterocycles. The number of hydrogen-bond acceptors (Lipinski definition) is 2. The lowest BCUT2D eigenvalue weighted by molar-refractivity contribution is 0.0482. The van der Waals surface area contributed by atoms with Crippen molar-refractivity contribution in [3.05, 3.63) is 0 Å². The number of aliphatic hydroxyl groups is 2. The number of hydrogen-bond donors (Lipinski definition) is 2. The minimum atomic E-state index is -0.468. The smallest absolute Gasteiger partial charge is 0.0799 e. The summed E-state index contributed by atoms with van der Waals surface area (Å²) >= 11 is 0. The first kappa shape index (κ1) is 8.02. The SMILES string of the molecule is C[C@H]1CC[C@@H](C(O)CO)C1. The fraction of sp³-hybridized carbons (Fsp3) is 1.00. The molecule has 0 saturated heterocycles. The maximum absolute atomic E-state index is 9.23. The molecule has 1 saturated carbocycles. The lowest BCUT2D eigenvalue weighted by Crippen LogP contribution is -2.21. The van der Waals surface area contributed by atoms with Gasteiger partial charge in [0.25, 0.3) is 0 Å². The zero-order chi connectivity index (χ0) is 7.56. The third kappa shape index (κ3) is 1.70. The number of aliphatic hydroxyl groups excluding tert-OH is 2. The molecule has 1 aliphatic carbocycles. The quantitative estimate of drug-likeness (QED) is 0.601. The van der Waals surface area contributed by atoms with E-state index in [0.29, 0.717) is 5.92 Å². The lowest BCUT2D eigenvalue weighted by Gasteiger charge is -2.14. The Bertz CT molecular complexity index is 103. The van der Waals surface area contributed by atoms with Crippen molar-refractivity contribution in [2.24, 2.45) is 11.8 Å². The summed E-state index contributed by atoms with van der Waals surface area (Å²) in [5, 5.41) is 17.9. The van der Waals surface area contributed by atoms with Gasteiger partial charge < -0.3 is 10.2 Å². The highest BCUT2D eigenvalue weighted by Crippen LogP contribution is 2.32. The van der Waals surface area contributed by atoms with Crippen molar-refractivity contribution < 1.29 is 10.2 Å². The van der Waals surface area contributed by atoms with Crippen molar-refractivity contribution in [3.8, 4) is 0 Å². The fourth-order valence-corrected chi connectivity index (χ4v) is 1.75. The van der Waals surface area contributed by atoms with Crippen molar-refractivity contribution in [1.29, 1.82) is 0 Å². The summed E-state index contributed by atoms with van der Waals surface area (Å²) in [4.78, 5) is 0. The Morgan fingerprint density at radius 3 is 2.60 bits per heavy atom. The Balaban J connectivity index is 2.29. The van der Waals surface area contributed by atoms with Crippen molar-refractivity contribution in [2.75, 3.05) is 6.61 Å². The molecular formula is C8H16O2. The summed E-state index contributed by atoms with van der Waals surface area (Å²) in [5.74, 6) is 1.10. The van der Waals surface area contributed by atoms with Crippen molar-refractivity contribution in [2.45, 2.75) is 32.3 Å². The summed E-state index contributed by atoms with van der Waals surface area (Å²) in [6.45, 7) is 2.13. The Morgan fingerprint density at radius 2 is 2.20 bits per heavy atom. The van der Waals surface area contributed by atoms with Crippen LogP contribution in [0.15, 0.2) is 0 Å². The van der Waals surface area contributed by atoms with Gasteiger partial charge in [0.05, 0.1) is 12.7 Å². The second-order valence-electron chi connectivity index (χ2n) is 3.43. The van der Waals surface area contributed by atoms with E-state index in [0.717, 1.165) is 18.8 Å². The Hall–Kier alpha value is -0.0800. The van der Waals surface area contributed by atoms with E-state index in [1.54, 1.807) is 0 Å². The first-order valence-electron chi connectivity index (χ1n) is 4.03. The average Bonchev–Trinajstić information content (AvgIpc) is 2.34. The standard InChI is InChI=1S/C8H16O2/c1-6-2-3-7(4-6)8(10)5-9/h6-10H,2-5H2,1H3/t6-,7+,8?/m0/s1. The monoisotopic (exact) mass is 144 g/mol. The van der Waals surface area contributed by atoms with Crippen LogP contribution in [0.5, 0.6) is 0 Å². The summed E-state index contributed by atoms with van der Waals surface area (Å²) in [7, 11) is 0. The van der Waals surface area contributed by atoms with Gasteiger partial charge in [-0.15, -0.1) is 0 Å². The molecule has 0 heterocycles. The zero-order valence-electron chi connectivity index (χ0n) is 6.45. The predicted octanol–water partition coefficient (Wildman–Crippen LogP) is 0.776. The molecule has 1 rings (SSSR count). The van der Waals surface area contributed by atoms with Crippen LogP contribution in [0.4, 0.5) is 0 Å². The van der Waals surface area contributed by atoms with Crippen LogP contribution in [-0.2, 0) is 0 Å². The normalized spacial score (nSPS) is 36.3. The molecule has 2 N–H and O–H groups in total. The maximum atomic E-state index is 9.23. The van der Waals surface area contributed by atoms with Gasteiger partial charge in [-0.3, -0.25) is 0 Å². The highest BCUT2D eigenvalue weighted by Gasteiger charge is 2.26. The van der Waals surface area contributed by atoms with Gasteiger partial charge in [0.15, 0.2) is 0 Å². The molecule has 3 atom stereocenters. The van der Waals surface area contributed by atoms with Crippen molar-refractivity contribution in [3.63, 3.8) is 0 Å². The van der Waals surface area contributed by atoms with E-state index < -0.39 is 6.10 Å². The van der Waals surface area contributed by atoms with E-state index in [4.69, 9.17) is 5.11 Å². The molecule has 0 bridgehead atoms. The van der Waals surface area contributed by atoms with Gasteiger partial charge in [-0.25, -0.2) is 0 Å². The molecule has 0 aromatic rings. The van der Waals surface area contributed by atoms with Crippen LogP contribution in [0.2, 0.25) is 0 Å². The first-order valence-corrected chi connectivity index (χ1v) is 4.03. The van der Waals surface area contributed by atoms with Crippen LogP contribution >= 0.6 is 0 Å². The van der Waals surface area contributed by atoms with Gasteiger partial charge in [0.2, 0.25) is 0 Å². The van der Waals surface area contributed by atoms with Crippen LogP contribution < -0.4 is 0 Å². The third-order valence-corrected chi connectivity index (χ3v) is 2.47. The van der Waals surface area contributed by atoms with Crippen LogP contribution in [0, 0.1) is 11.8 Å². The van der Waals surface area contributed by atoms with E-state index >= 15 is 0 Å². The van der Waals surface area contributed by atoms with Crippen molar-refractivity contribution >= 4 is 0 Å². The second kappa shape index (κ2) is 3.35. The molecule has 0 radical (unpaired) electrons. The van der Waals surface area contributed by atoms with Gasteiger partial charge in [-0.2, -0.15) is 0 Å². The Morgan fingerprint density at radius 1 is 1.50 bits per heavy atom. The topological polar surface area (TPSA) is 40.5 Å². The molecule has 1 fully saturated rings. The molecule has 2 heteroatoms. The summed E-state index contributed by atoms with van der Waals surface area (Å²) < 4.78 is 0. The van der Waals surface area contributed by atoms with Gasteiger partial charge in [0, 0.05) is 0 Å². The fourth-order valence-electron chi connectivity index (χ4n) is 1.75. The molecule has 1 unspecified atom stereocenters. The van der Waals surface area contributed by atoms with E-state index in [2.05, 4.69) is 6.92 Å². The van der Waals surface area contributed by atoms with Gasteiger partial charge in [-0.05, 0) is 24.7 Å². The van der Waals surface area contributed by atoms with E-state index in [9.17, 15) is 5.11 Å². The molecule has 0 amide bonds. The minimum absolute atomic E-state index is 0.0720. The van der Waals surface area contributed by atoms with E-state index in [1.807, 2.05) is 0 Å². The molecule has 2 nitrogen and oxygen atoms in total. The average molecular weight is 144 g/mol. The Kier molecular flexibility index (Phi) is 2.69. The first-order chi connectivity index (χ1) is 4.74. The summed E-state index contributed by atoms with van der Waals surface area (Å²) in [5.41, 5.74) is 0. The second-order valence-corrected chi connectivity index (χ2v) is 3.43. The van der Waals surface area contributed by atoms with Gasteiger partial charge in [-0.1, -0.05) is 13.3 Å². The summed E-state index contributed by atoms with van der Waals surface area (Å²) in [6.07, 6.45) is 2.91. The number of rotatable bonds is 2. The Labute approximate surface area is 61.9 Å². The summed E-state index contributed by atoms with van der Waals surface area (Å²) in [6, 6.07) is 0. The molecule has 1 aliphatic rings. The molecular weight excluding hydrogens is 128 g/mol. The minimum Gasteiger partial charge on any atom is -0.394 e. The molecule has 0 aromatic carbocycles. The zero-order valence-corrected chi connectivity index (χ0v) is 6.45. The van der Waals surface area contributed by atoms with Gasteiger partial charge >= 0.3 is 0 Å². The highest BCUT2D eigenvalue weighted by atomic mass is 16.3. The van der Waals surface area contributed by atoms with E-state index in [-0.39, 0.29) is 6.61 Å². The van der Waals surface area contributed by atoms with E-state index in [1.165, 1.54) is 6.42 Å². The predicted molar refractivity (Wildman–Crippen MR) is 39.6 cm³/mol. The lowest BCUT2D eigenvalue weighted by atomic mass is 10.0. The molecule has 60 valence electrons. The van der Waals surface area contributed by atoms with Crippen LogP contribution in [0.3, 0.4) is 0 Å². The van der Waals surface area contributed by atoms with Gasteiger partial charge in [0.1, 0.15) is 0 Å². The van der Waals surface area contributed by atoms with Crippen LogP contribution in [-0.4, -0.2) is 22.9 Å². The molecule has 0 aliphatic heterocycles. The van der Waals surface area contributed by atoms with Crippen LogP contribution in [0.25, 0.3) is 0 Å². The van der Waals surface area contributed by atoms with Crippen molar-refractivity contribution in [1.82, 2.24) is 0 Å². The maximum Gasteiger partial charge on any atom is 0.0799 e. The van der Waals surface area contributed by atoms with Crippen LogP contribution in [0.1, 0.15) is 26.2 Å².